The molecule has 7 nitrogen and oxygen atoms in total. The van der Waals surface area contributed by atoms with Crippen molar-refractivity contribution >= 4 is 28.1 Å². The number of ether oxygens (including phenoxy) is 2. The van der Waals surface area contributed by atoms with Crippen LogP contribution in [0.3, 0.4) is 0 Å². The number of hydrogen-bond donors (Lipinski definition) is 2. The molecule has 0 saturated heterocycles. The van der Waals surface area contributed by atoms with Gasteiger partial charge in [-0.15, -0.1) is 17.9 Å². The highest BCUT2D eigenvalue weighted by molar-refractivity contribution is 7.15. The van der Waals surface area contributed by atoms with Gasteiger partial charge in [0.15, 0.2) is 5.13 Å². The molecule has 36 heavy (non-hydrogen) atoms. The average Bonchev–Trinajstić information content (AvgIpc) is 3.25. The summed E-state index contributed by atoms with van der Waals surface area (Å²) in [5.41, 5.74) is 1.82. The van der Waals surface area contributed by atoms with E-state index in [1.54, 1.807) is 43.6 Å². The van der Waals surface area contributed by atoms with E-state index in [9.17, 15) is 9.90 Å². The standard InChI is InChI=1S/C28H39N3O4S/c1-8-13-31(5)26(33)16(2)19-11-12-28(4)15-22-24(17(3)23(28)25(19)32)30-27(36-22)29-20-14-18(34-6)9-10-21(20)35-7/h8-10,14,16-17,19,23,25,32H,1,11-13,15H2,2-7H3,(H,29,30)/t16-,17+,19-,23+,25-,28+/m0/s1. The Kier molecular flexibility index (Phi) is 7.67. The summed E-state index contributed by atoms with van der Waals surface area (Å²) < 4.78 is 10.9. The van der Waals surface area contributed by atoms with Crippen molar-refractivity contribution in [3.8, 4) is 11.5 Å². The largest absolute Gasteiger partial charge is 0.497 e. The normalized spacial score (nSPS) is 27.9. The van der Waals surface area contributed by atoms with E-state index in [1.165, 1.54) is 4.88 Å². The molecule has 6 atom stereocenters. The molecule has 1 saturated carbocycles. The Labute approximate surface area is 218 Å². The number of aliphatic hydroxyl groups excluding tert-OH is 1. The molecule has 1 amide bonds. The van der Waals surface area contributed by atoms with E-state index in [1.807, 2.05) is 25.1 Å². The van der Waals surface area contributed by atoms with Gasteiger partial charge in [-0.05, 0) is 48.6 Å². The number of rotatable bonds is 8. The maximum atomic E-state index is 13.0. The molecule has 2 aliphatic carbocycles. The molecule has 0 aliphatic heterocycles. The minimum absolute atomic E-state index is 0.0322. The number of thiazole rings is 1. The lowest BCUT2D eigenvalue weighted by atomic mass is 9.53. The fourth-order valence-corrected chi connectivity index (χ4v) is 7.72. The number of anilines is 2. The van der Waals surface area contributed by atoms with E-state index in [0.29, 0.717) is 6.54 Å². The van der Waals surface area contributed by atoms with Crippen molar-refractivity contribution in [2.45, 2.75) is 52.1 Å². The number of benzene rings is 1. The summed E-state index contributed by atoms with van der Waals surface area (Å²) in [7, 11) is 5.09. The van der Waals surface area contributed by atoms with Gasteiger partial charge in [0, 0.05) is 36.4 Å². The number of fused-ring (bicyclic) bond motifs is 2. The van der Waals surface area contributed by atoms with Crippen LogP contribution >= 0.6 is 11.3 Å². The predicted octanol–water partition coefficient (Wildman–Crippen LogP) is 5.24. The molecule has 0 radical (unpaired) electrons. The molecule has 8 heteroatoms. The molecule has 1 fully saturated rings. The third kappa shape index (κ3) is 4.73. The molecule has 1 aromatic heterocycles. The number of carbonyl (C=O) groups is 1. The van der Waals surface area contributed by atoms with Gasteiger partial charge in [-0.25, -0.2) is 4.98 Å². The molecular formula is C28H39N3O4S. The van der Waals surface area contributed by atoms with Gasteiger partial charge in [-0.1, -0.05) is 26.8 Å². The zero-order chi connectivity index (χ0) is 26.2. The smallest absolute Gasteiger partial charge is 0.225 e. The minimum atomic E-state index is -0.556. The maximum Gasteiger partial charge on any atom is 0.225 e. The SMILES string of the molecule is C=CCN(C)C(=O)[C@@H](C)[C@@H]1CC[C@]2(C)Cc3sc(Nc4cc(OC)ccc4OC)nc3[C@H](C)[C@@H]2[C@H]1O. The summed E-state index contributed by atoms with van der Waals surface area (Å²) in [6.07, 6.45) is 3.89. The molecular weight excluding hydrogens is 474 g/mol. The third-order valence-electron chi connectivity index (χ3n) is 8.38. The van der Waals surface area contributed by atoms with Gasteiger partial charge in [0.2, 0.25) is 5.91 Å². The number of nitrogens with zero attached hydrogens (tertiary/aromatic N) is 2. The number of likely N-dealkylation sites (N-methyl/N-ethyl adjacent to an activating group) is 1. The van der Waals surface area contributed by atoms with Crippen molar-refractivity contribution < 1.29 is 19.4 Å². The molecule has 4 rings (SSSR count). The Balaban J connectivity index is 1.59. The molecule has 0 bridgehead atoms. The molecule has 1 aromatic carbocycles. The lowest BCUT2D eigenvalue weighted by molar-refractivity contribution is -0.143. The second-order valence-corrected chi connectivity index (χ2v) is 11.7. The highest BCUT2D eigenvalue weighted by atomic mass is 32.1. The van der Waals surface area contributed by atoms with Crippen molar-refractivity contribution in [2.75, 3.05) is 33.1 Å². The van der Waals surface area contributed by atoms with Crippen LogP contribution in [0.5, 0.6) is 11.5 Å². The number of aromatic nitrogens is 1. The molecule has 0 spiro atoms. The monoisotopic (exact) mass is 513 g/mol. The summed E-state index contributed by atoms with van der Waals surface area (Å²) in [6, 6.07) is 5.64. The van der Waals surface area contributed by atoms with Crippen LogP contribution in [0, 0.1) is 23.2 Å². The molecule has 2 N–H and O–H groups in total. The summed E-state index contributed by atoms with van der Waals surface area (Å²) in [5, 5.41) is 15.9. The second-order valence-electron chi connectivity index (χ2n) is 10.7. The first-order chi connectivity index (χ1) is 17.1. The van der Waals surface area contributed by atoms with E-state index in [2.05, 4.69) is 25.7 Å². The lowest BCUT2D eigenvalue weighted by Crippen LogP contribution is -2.53. The van der Waals surface area contributed by atoms with Crippen molar-refractivity contribution in [3.05, 3.63) is 41.4 Å². The van der Waals surface area contributed by atoms with E-state index < -0.39 is 6.10 Å². The Hall–Kier alpha value is -2.58. The fourth-order valence-electron chi connectivity index (χ4n) is 6.44. The van der Waals surface area contributed by atoms with Gasteiger partial charge in [-0.3, -0.25) is 4.79 Å². The summed E-state index contributed by atoms with van der Waals surface area (Å²) in [6.45, 7) is 10.7. The van der Waals surface area contributed by atoms with Crippen LogP contribution in [0.1, 0.15) is 50.1 Å². The van der Waals surface area contributed by atoms with Gasteiger partial charge >= 0.3 is 0 Å². The molecule has 0 unspecified atom stereocenters. The van der Waals surface area contributed by atoms with E-state index in [-0.39, 0.29) is 35.0 Å². The Bertz CT molecular complexity index is 1120. The van der Waals surface area contributed by atoms with E-state index >= 15 is 0 Å². The summed E-state index contributed by atoms with van der Waals surface area (Å²) in [5.74, 6) is 1.35. The van der Waals surface area contributed by atoms with Crippen molar-refractivity contribution in [3.63, 3.8) is 0 Å². The number of carbonyl (C=O) groups excluding carboxylic acids is 1. The highest BCUT2D eigenvalue weighted by Crippen LogP contribution is 2.57. The first-order valence-electron chi connectivity index (χ1n) is 12.7. The van der Waals surface area contributed by atoms with Gasteiger partial charge in [-0.2, -0.15) is 0 Å². The number of aliphatic hydroxyl groups is 1. The van der Waals surface area contributed by atoms with Crippen LogP contribution in [0.15, 0.2) is 30.9 Å². The fraction of sp³-hybridized carbons (Fsp3) is 0.571. The first-order valence-corrected chi connectivity index (χ1v) is 13.5. The van der Waals surface area contributed by atoms with Gasteiger partial charge in [0.25, 0.3) is 0 Å². The Morgan fingerprint density at radius 1 is 1.42 bits per heavy atom. The first kappa shape index (κ1) is 26.5. The van der Waals surface area contributed by atoms with Crippen molar-refractivity contribution in [1.82, 2.24) is 9.88 Å². The van der Waals surface area contributed by atoms with Crippen LogP contribution in [-0.2, 0) is 11.2 Å². The quantitative estimate of drug-likeness (QED) is 0.470. The molecule has 196 valence electrons. The van der Waals surface area contributed by atoms with Crippen LogP contribution in [0.4, 0.5) is 10.8 Å². The van der Waals surface area contributed by atoms with Crippen molar-refractivity contribution in [1.29, 1.82) is 0 Å². The number of amides is 1. The molecule has 1 heterocycles. The minimum Gasteiger partial charge on any atom is -0.497 e. The zero-order valence-electron chi connectivity index (χ0n) is 22.2. The predicted molar refractivity (Wildman–Crippen MR) is 144 cm³/mol. The topological polar surface area (TPSA) is 83.9 Å². The van der Waals surface area contributed by atoms with Crippen LogP contribution in [0.25, 0.3) is 0 Å². The van der Waals surface area contributed by atoms with Gasteiger partial charge in [0.1, 0.15) is 11.5 Å². The van der Waals surface area contributed by atoms with E-state index in [4.69, 9.17) is 14.5 Å². The second kappa shape index (κ2) is 10.4. The molecule has 2 aromatic rings. The number of hydrogen-bond acceptors (Lipinski definition) is 7. The Morgan fingerprint density at radius 2 is 2.17 bits per heavy atom. The highest BCUT2D eigenvalue weighted by Gasteiger charge is 2.54. The summed E-state index contributed by atoms with van der Waals surface area (Å²) in [4.78, 5) is 21.0. The van der Waals surface area contributed by atoms with Gasteiger partial charge < -0.3 is 24.8 Å². The third-order valence-corrected chi connectivity index (χ3v) is 9.37. The number of nitrogens with one attached hydrogen (secondary N) is 1. The summed E-state index contributed by atoms with van der Waals surface area (Å²) >= 11 is 1.67. The van der Waals surface area contributed by atoms with Crippen LogP contribution in [0.2, 0.25) is 0 Å². The molecule has 2 aliphatic rings. The van der Waals surface area contributed by atoms with Crippen LogP contribution in [-0.4, -0.2) is 54.8 Å². The Morgan fingerprint density at radius 3 is 2.83 bits per heavy atom. The lowest BCUT2D eigenvalue weighted by Gasteiger charge is -2.53. The number of methoxy groups -OCH3 is 2. The van der Waals surface area contributed by atoms with Gasteiger partial charge in [0.05, 0.1) is 31.7 Å². The average molecular weight is 514 g/mol. The van der Waals surface area contributed by atoms with E-state index in [0.717, 1.165) is 47.3 Å². The maximum absolute atomic E-state index is 13.0. The van der Waals surface area contributed by atoms with Crippen LogP contribution < -0.4 is 14.8 Å². The van der Waals surface area contributed by atoms with Crippen molar-refractivity contribution in [2.24, 2.45) is 23.2 Å². The zero-order valence-corrected chi connectivity index (χ0v) is 23.0.